The minimum absolute atomic E-state index is 0. The van der Waals surface area contributed by atoms with Crippen LogP contribution in [0, 0.1) is 12.8 Å². The highest BCUT2D eigenvalue weighted by molar-refractivity contribution is 7.08. The van der Waals surface area contributed by atoms with Crippen LogP contribution in [0.4, 0.5) is 0 Å². The molecular formula is C19H27Cl2N3OS. The minimum Gasteiger partial charge on any atom is -0.339 e. The van der Waals surface area contributed by atoms with Crippen LogP contribution in [0.25, 0.3) is 11.3 Å². The fourth-order valence-electron chi connectivity index (χ4n) is 3.30. The van der Waals surface area contributed by atoms with Crippen LogP contribution in [-0.4, -0.2) is 42.5 Å². The third-order valence-corrected chi connectivity index (χ3v) is 5.52. The number of likely N-dealkylation sites (tertiary alicyclic amines) is 1. The lowest BCUT2D eigenvalue weighted by Crippen LogP contribution is -2.39. The van der Waals surface area contributed by atoms with Gasteiger partial charge in [-0.2, -0.15) is 11.3 Å². The van der Waals surface area contributed by atoms with Gasteiger partial charge in [0.25, 0.3) is 5.91 Å². The summed E-state index contributed by atoms with van der Waals surface area (Å²) in [6.07, 6.45) is 3.41. The SMILES string of the molecule is CNCCC1CCN(C(=O)c2ccc(-c3ccsc3)nc2C)CC1.Cl.Cl. The molecule has 4 nitrogen and oxygen atoms in total. The molecule has 144 valence electrons. The monoisotopic (exact) mass is 415 g/mol. The zero-order valence-electron chi connectivity index (χ0n) is 15.2. The molecule has 0 bridgehead atoms. The molecule has 3 heterocycles. The van der Waals surface area contributed by atoms with E-state index < -0.39 is 0 Å². The number of carbonyl (C=O) groups is 1. The molecule has 7 heteroatoms. The number of pyridine rings is 1. The molecule has 26 heavy (non-hydrogen) atoms. The number of aryl methyl sites for hydroxylation is 1. The Hall–Kier alpha value is -1.14. The van der Waals surface area contributed by atoms with Crippen molar-refractivity contribution in [3.8, 4) is 11.3 Å². The molecule has 1 aliphatic heterocycles. The Labute approximate surface area is 172 Å². The maximum absolute atomic E-state index is 12.8. The van der Waals surface area contributed by atoms with Crippen LogP contribution in [0.1, 0.15) is 35.3 Å². The Bertz CT molecular complexity index is 686. The number of aromatic nitrogens is 1. The predicted molar refractivity (Wildman–Crippen MR) is 114 cm³/mol. The van der Waals surface area contributed by atoms with Crippen LogP contribution in [0.15, 0.2) is 29.0 Å². The molecule has 1 aliphatic rings. The first-order valence-corrected chi connectivity index (χ1v) is 9.57. The Balaban J connectivity index is 0.00000169. The minimum atomic E-state index is 0. The lowest BCUT2D eigenvalue weighted by Gasteiger charge is -2.32. The average Bonchev–Trinajstić information content (AvgIpc) is 3.14. The third kappa shape index (κ3) is 5.43. The first-order chi connectivity index (χ1) is 11.7. The van der Waals surface area contributed by atoms with Gasteiger partial charge >= 0.3 is 0 Å². The van der Waals surface area contributed by atoms with Crippen LogP contribution >= 0.6 is 36.2 Å². The molecule has 2 aromatic heterocycles. The number of rotatable bonds is 5. The number of amides is 1. The molecule has 0 saturated carbocycles. The van der Waals surface area contributed by atoms with E-state index >= 15 is 0 Å². The molecule has 0 spiro atoms. The summed E-state index contributed by atoms with van der Waals surface area (Å²) in [5.41, 5.74) is 3.62. The van der Waals surface area contributed by atoms with E-state index in [0.717, 1.165) is 60.9 Å². The highest BCUT2D eigenvalue weighted by Gasteiger charge is 2.24. The number of carbonyl (C=O) groups excluding carboxylic acids is 1. The molecule has 2 aromatic rings. The Kier molecular flexibility index (Phi) is 9.58. The van der Waals surface area contributed by atoms with Crippen LogP contribution in [-0.2, 0) is 0 Å². The Morgan fingerprint density at radius 2 is 2.00 bits per heavy atom. The zero-order chi connectivity index (χ0) is 16.9. The molecule has 1 N–H and O–H groups in total. The van der Waals surface area contributed by atoms with Crippen molar-refractivity contribution in [3.63, 3.8) is 0 Å². The van der Waals surface area contributed by atoms with E-state index in [1.165, 1.54) is 6.42 Å². The van der Waals surface area contributed by atoms with Gasteiger partial charge in [0.05, 0.1) is 17.0 Å². The zero-order valence-corrected chi connectivity index (χ0v) is 17.7. The number of nitrogens with one attached hydrogen (secondary N) is 1. The topological polar surface area (TPSA) is 45.2 Å². The summed E-state index contributed by atoms with van der Waals surface area (Å²) in [5.74, 6) is 0.866. The second kappa shape index (κ2) is 10.9. The molecule has 0 atom stereocenters. The van der Waals surface area contributed by atoms with Gasteiger partial charge in [-0.3, -0.25) is 9.78 Å². The smallest absolute Gasteiger partial charge is 0.255 e. The van der Waals surface area contributed by atoms with Gasteiger partial charge in [0.2, 0.25) is 0 Å². The number of hydrogen-bond donors (Lipinski definition) is 1. The van der Waals surface area contributed by atoms with Crippen molar-refractivity contribution in [2.24, 2.45) is 5.92 Å². The van der Waals surface area contributed by atoms with Gasteiger partial charge < -0.3 is 10.2 Å². The largest absolute Gasteiger partial charge is 0.339 e. The fraction of sp³-hybridized carbons (Fsp3) is 0.474. The van der Waals surface area contributed by atoms with Crippen molar-refractivity contribution in [2.45, 2.75) is 26.2 Å². The summed E-state index contributed by atoms with van der Waals surface area (Å²) in [4.78, 5) is 19.4. The second-order valence-corrected chi connectivity index (χ2v) is 7.25. The lowest BCUT2D eigenvalue weighted by molar-refractivity contribution is 0.0686. The Morgan fingerprint density at radius 3 is 2.58 bits per heavy atom. The van der Waals surface area contributed by atoms with Crippen LogP contribution in [0.5, 0.6) is 0 Å². The maximum atomic E-state index is 12.8. The molecule has 1 fully saturated rings. The van der Waals surface area contributed by atoms with E-state index in [-0.39, 0.29) is 30.7 Å². The van der Waals surface area contributed by atoms with Crippen LogP contribution in [0.3, 0.4) is 0 Å². The first kappa shape index (κ1) is 22.9. The normalized spacial score (nSPS) is 14.5. The summed E-state index contributed by atoms with van der Waals surface area (Å²) in [5, 5.41) is 7.34. The quantitative estimate of drug-likeness (QED) is 0.785. The van der Waals surface area contributed by atoms with E-state index in [9.17, 15) is 4.79 Å². The van der Waals surface area contributed by atoms with Crippen molar-refractivity contribution in [3.05, 3.63) is 40.2 Å². The number of thiophene rings is 1. The van der Waals surface area contributed by atoms with E-state index in [0.29, 0.717) is 0 Å². The lowest BCUT2D eigenvalue weighted by atomic mass is 9.93. The third-order valence-electron chi connectivity index (χ3n) is 4.84. The molecule has 0 radical (unpaired) electrons. The van der Waals surface area contributed by atoms with Crippen LogP contribution < -0.4 is 5.32 Å². The molecule has 1 saturated heterocycles. The maximum Gasteiger partial charge on any atom is 0.255 e. The van der Waals surface area contributed by atoms with Crippen LogP contribution in [0.2, 0.25) is 0 Å². The van der Waals surface area contributed by atoms with Gasteiger partial charge in [-0.15, -0.1) is 24.8 Å². The van der Waals surface area contributed by atoms with Crippen molar-refractivity contribution >= 4 is 42.1 Å². The molecule has 0 aromatic carbocycles. The highest BCUT2D eigenvalue weighted by Crippen LogP contribution is 2.24. The second-order valence-electron chi connectivity index (χ2n) is 6.47. The van der Waals surface area contributed by atoms with Gasteiger partial charge in [-0.25, -0.2) is 0 Å². The Morgan fingerprint density at radius 1 is 1.27 bits per heavy atom. The molecular weight excluding hydrogens is 389 g/mol. The van der Waals surface area contributed by atoms with E-state index in [2.05, 4.69) is 21.7 Å². The van der Waals surface area contributed by atoms with Crippen molar-refractivity contribution < 1.29 is 4.79 Å². The van der Waals surface area contributed by atoms with E-state index in [1.807, 2.05) is 36.4 Å². The van der Waals surface area contributed by atoms with Crippen molar-refractivity contribution in [1.29, 1.82) is 0 Å². The predicted octanol–water partition coefficient (Wildman–Crippen LogP) is 4.42. The number of piperidine rings is 1. The fourth-order valence-corrected chi connectivity index (χ4v) is 3.95. The standard InChI is InChI=1S/C19H25N3OS.2ClH/c1-14-17(3-4-18(21-14)16-8-12-24-13-16)19(23)22-10-6-15(7-11-22)5-9-20-2;;/h3-4,8,12-13,15,20H,5-7,9-11H2,1-2H3;2*1H. The molecule has 0 aliphatic carbocycles. The molecule has 1 amide bonds. The van der Waals surface area contributed by atoms with Gasteiger partial charge in [0.1, 0.15) is 0 Å². The molecule has 3 rings (SSSR count). The summed E-state index contributed by atoms with van der Waals surface area (Å²) in [6, 6.07) is 5.95. The summed E-state index contributed by atoms with van der Waals surface area (Å²) in [6.45, 7) is 4.71. The number of halogens is 2. The highest BCUT2D eigenvalue weighted by atomic mass is 35.5. The summed E-state index contributed by atoms with van der Waals surface area (Å²) in [7, 11) is 1.99. The van der Waals surface area contributed by atoms with Crippen molar-refractivity contribution in [1.82, 2.24) is 15.2 Å². The number of hydrogen-bond acceptors (Lipinski definition) is 4. The summed E-state index contributed by atoms with van der Waals surface area (Å²) >= 11 is 1.66. The van der Waals surface area contributed by atoms with Gasteiger partial charge in [-0.05, 0) is 69.3 Å². The van der Waals surface area contributed by atoms with Gasteiger partial charge in [0, 0.05) is 24.0 Å². The van der Waals surface area contributed by atoms with E-state index in [1.54, 1.807) is 11.3 Å². The summed E-state index contributed by atoms with van der Waals surface area (Å²) < 4.78 is 0. The molecule has 0 unspecified atom stereocenters. The number of nitrogens with zero attached hydrogens (tertiary/aromatic N) is 2. The van der Waals surface area contributed by atoms with Gasteiger partial charge in [-0.1, -0.05) is 0 Å². The average molecular weight is 416 g/mol. The van der Waals surface area contributed by atoms with Crippen molar-refractivity contribution in [2.75, 3.05) is 26.7 Å². The first-order valence-electron chi connectivity index (χ1n) is 8.63. The van der Waals surface area contributed by atoms with E-state index in [4.69, 9.17) is 0 Å². The van der Waals surface area contributed by atoms with Gasteiger partial charge in [0.15, 0.2) is 0 Å².